The summed E-state index contributed by atoms with van der Waals surface area (Å²) in [5.41, 5.74) is 3.15. The highest BCUT2D eigenvalue weighted by molar-refractivity contribution is 7.91. The number of aromatic nitrogens is 1. The third-order valence-corrected chi connectivity index (χ3v) is 6.21. The van der Waals surface area contributed by atoms with E-state index in [9.17, 15) is 8.42 Å². The molecule has 1 N–H and O–H groups in total. The molecule has 21 heavy (non-hydrogen) atoms. The first-order valence-corrected chi connectivity index (χ1v) is 9.71. The Hall–Kier alpha value is -1.40. The van der Waals surface area contributed by atoms with Crippen molar-refractivity contribution in [3.8, 4) is 11.3 Å². The fourth-order valence-corrected chi connectivity index (χ4v) is 4.62. The zero-order chi connectivity index (χ0) is 14.9. The Bertz CT molecular complexity index is 706. The van der Waals surface area contributed by atoms with E-state index < -0.39 is 9.84 Å². The van der Waals surface area contributed by atoms with Gasteiger partial charge < -0.3 is 5.32 Å². The van der Waals surface area contributed by atoms with Crippen LogP contribution in [-0.2, 0) is 9.84 Å². The maximum atomic E-state index is 11.4. The molecule has 1 saturated heterocycles. The Morgan fingerprint density at radius 1 is 1.19 bits per heavy atom. The van der Waals surface area contributed by atoms with Crippen LogP contribution in [-0.4, -0.2) is 30.9 Å². The molecule has 1 aromatic carbocycles. The van der Waals surface area contributed by atoms with Crippen molar-refractivity contribution in [2.45, 2.75) is 25.8 Å². The average Bonchev–Trinajstić information content (AvgIpc) is 2.89. The summed E-state index contributed by atoms with van der Waals surface area (Å²) in [4.78, 5) is 4.47. The summed E-state index contributed by atoms with van der Waals surface area (Å²) in [5, 5.41) is 6.54. The lowest BCUT2D eigenvalue weighted by Gasteiger charge is -2.24. The molecule has 0 aliphatic carbocycles. The van der Waals surface area contributed by atoms with Crippen LogP contribution in [0.5, 0.6) is 0 Å². The van der Waals surface area contributed by atoms with Crippen molar-refractivity contribution in [3.63, 3.8) is 0 Å². The molecular weight excluding hydrogens is 304 g/mol. The highest BCUT2D eigenvalue weighted by atomic mass is 32.2. The van der Waals surface area contributed by atoms with Gasteiger partial charge >= 0.3 is 0 Å². The van der Waals surface area contributed by atoms with Crippen LogP contribution in [0.1, 0.15) is 17.8 Å². The third-order valence-electron chi connectivity index (χ3n) is 3.73. The predicted octanol–water partition coefficient (Wildman–Crippen LogP) is 3.11. The quantitative estimate of drug-likeness (QED) is 0.943. The van der Waals surface area contributed by atoms with Crippen LogP contribution < -0.4 is 5.32 Å². The molecule has 0 spiro atoms. The average molecular weight is 322 g/mol. The summed E-state index contributed by atoms with van der Waals surface area (Å²) in [6, 6.07) is 8.42. The minimum absolute atomic E-state index is 0.251. The first-order valence-electron chi connectivity index (χ1n) is 7.01. The minimum Gasteiger partial charge on any atom is -0.382 e. The maximum Gasteiger partial charge on any atom is 0.150 e. The summed E-state index contributed by atoms with van der Waals surface area (Å²) in [5.74, 6) is 0.585. The molecule has 0 saturated carbocycles. The normalized spacial score (nSPS) is 18.5. The molecule has 1 aromatic heterocycles. The van der Waals surface area contributed by atoms with E-state index in [4.69, 9.17) is 0 Å². The van der Waals surface area contributed by atoms with Gasteiger partial charge in [-0.15, -0.1) is 11.3 Å². The molecule has 112 valence electrons. The molecule has 0 unspecified atom stereocenters. The largest absolute Gasteiger partial charge is 0.382 e. The van der Waals surface area contributed by atoms with Crippen molar-refractivity contribution in [3.05, 3.63) is 34.7 Å². The Balaban J connectivity index is 1.65. The molecule has 0 bridgehead atoms. The van der Waals surface area contributed by atoms with Crippen LogP contribution in [0.15, 0.2) is 29.6 Å². The van der Waals surface area contributed by atoms with Gasteiger partial charge in [-0.25, -0.2) is 13.4 Å². The molecule has 3 rings (SSSR count). The zero-order valence-corrected chi connectivity index (χ0v) is 13.5. The van der Waals surface area contributed by atoms with E-state index in [1.165, 1.54) is 0 Å². The summed E-state index contributed by atoms with van der Waals surface area (Å²) in [7, 11) is -2.80. The van der Waals surface area contributed by atoms with Crippen molar-refractivity contribution in [2.75, 3.05) is 16.8 Å². The minimum atomic E-state index is -2.80. The summed E-state index contributed by atoms with van der Waals surface area (Å²) < 4.78 is 22.8. The Morgan fingerprint density at radius 2 is 1.86 bits per heavy atom. The zero-order valence-electron chi connectivity index (χ0n) is 11.9. The van der Waals surface area contributed by atoms with Crippen LogP contribution in [0.3, 0.4) is 0 Å². The fraction of sp³-hybridized carbons (Fsp3) is 0.400. The third kappa shape index (κ3) is 3.63. The molecule has 0 amide bonds. The number of aryl methyl sites for hydroxylation is 1. The second kappa shape index (κ2) is 5.77. The van der Waals surface area contributed by atoms with Gasteiger partial charge in [-0.2, -0.15) is 0 Å². The van der Waals surface area contributed by atoms with Crippen molar-refractivity contribution in [2.24, 2.45) is 0 Å². The van der Waals surface area contributed by atoms with Gasteiger partial charge in [-0.05, 0) is 31.9 Å². The van der Waals surface area contributed by atoms with Gasteiger partial charge in [0.15, 0.2) is 0 Å². The second-order valence-corrected chi connectivity index (χ2v) is 8.77. The molecule has 0 atom stereocenters. The molecular formula is C15H18N2O2S2. The van der Waals surface area contributed by atoms with Crippen molar-refractivity contribution in [1.29, 1.82) is 0 Å². The molecule has 1 aliphatic heterocycles. The number of hydrogen-bond acceptors (Lipinski definition) is 5. The van der Waals surface area contributed by atoms with E-state index in [1.807, 2.05) is 19.1 Å². The molecule has 0 radical (unpaired) electrons. The topological polar surface area (TPSA) is 59.1 Å². The number of benzene rings is 1. The second-order valence-electron chi connectivity index (χ2n) is 5.40. The number of rotatable bonds is 3. The van der Waals surface area contributed by atoms with Crippen molar-refractivity contribution in [1.82, 2.24) is 4.98 Å². The summed E-state index contributed by atoms with van der Waals surface area (Å²) in [6.45, 7) is 2.00. The summed E-state index contributed by atoms with van der Waals surface area (Å²) >= 11 is 1.65. The number of nitrogens with one attached hydrogen (secondary N) is 1. The molecule has 4 nitrogen and oxygen atoms in total. The molecule has 1 aliphatic rings. The van der Waals surface area contributed by atoms with Gasteiger partial charge in [0.25, 0.3) is 0 Å². The lowest BCUT2D eigenvalue weighted by atomic mass is 10.1. The number of hydrogen-bond donors (Lipinski definition) is 1. The van der Waals surface area contributed by atoms with E-state index >= 15 is 0 Å². The van der Waals surface area contributed by atoms with Crippen LogP contribution in [0, 0.1) is 6.92 Å². The SMILES string of the molecule is Cc1nc(-c2ccc(NC3CCS(=O)(=O)CC3)cc2)cs1. The van der Waals surface area contributed by atoms with Crippen molar-refractivity contribution < 1.29 is 8.42 Å². The monoisotopic (exact) mass is 322 g/mol. The number of nitrogens with zero attached hydrogens (tertiary/aromatic N) is 1. The lowest BCUT2D eigenvalue weighted by Crippen LogP contribution is -2.32. The van der Waals surface area contributed by atoms with Gasteiger partial charge in [0.2, 0.25) is 0 Å². The Kier molecular flexibility index (Phi) is 3.99. The highest BCUT2D eigenvalue weighted by Gasteiger charge is 2.23. The maximum absolute atomic E-state index is 11.4. The lowest BCUT2D eigenvalue weighted by molar-refractivity contribution is 0.559. The standard InChI is InChI=1S/C15H18N2O2S2/c1-11-16-15(10-20-11)12-2-4-13(5-3-12)17-14-6-8-21(18,19)9-7-14/h2-5,10,14,17H,6-9H2,1H3. The van der Waals surface area contributed by atoms with Crippen LogP contribution in [0.4, 0.5) is 5.69 Å². The van der Waals surface area contributed by atoms with Crippen LogP contribution >= 0.6 is 11.3 Å². The Morgan fingerprint density at radius 3 is 2.43 bits per heavy atom. The van der Waals surface area contributed by atoms with Gasteiger partial charge in [-0.3, -0.25) is 0 Å². The predicted molar refractivity (Wildman–Crippen MR) is 87.6 cm³/mol. The number of anilines is 1. The number of sulfone groups is 1. The molecule has 1 fully saturated rings. The first kappa shape index (κ1) is 14.5. The van der Waals surface area contributed by atoms with Gasteiger partial charge in [0, 0.05) is 22.7 Å². The van der Waals surface area contributed by atoms with Crippen molar-refractivity contribution >= 4 is 26.9 Å². The van der Waals surface area contributed by atoms with E-state index in [-0.39, 0.29) is 6.04 Å². The van der Waals surface area contributed by atoms with E-state index in [0.717, 1.165) is 22.0 Å². The number of thiazole rings is 1. The van der Waals surface area contributed by atoms with E-state index in [2.05, 4.69) is 27.8 Å². The first-order chi connectivity index (χ1) is 10.0. The van der Waals surface area contributed by atoms with Gasteiger partial charge in [-0.1, -0.05) is 12.1 Å². The van der Waals surface area contributed by atoms with Crippen LogP contribution in [0.2, 0.25) is 0 Å². The fourth-order valence-electron chi connectivity index (χ4n) is 2.50. The van der Waals surface area contributed by atoms with E-state index in [1.54, 1.807) is 11.3 Å². The van der Waals surface area contributed by atoms with Crippen LogP contribution in [0.25, 0.3) is 11.3 Å². The summed E-state index contributed by atoms with van der Waals surface area (Å²) in [6.07, 6.45) is 1.38. The van der Waals surface area contributed by atoms with Gasteiger partial charge in [0.1, 0.15) is 9.84 Å². The molecule has 2 heterocycles. The highest BCUT2D eigenvalue weighted by Crippen LogP contribution is 2.24. The smallest absolute Gasteiger partial charge is 0.150 e. The Labute approximate surface area is 129 Å². The molecule has 2 aromatic rings. The van der Waals surface area contributed by atoms with Gasteiger partial charge in [0.05, 0.1) is 22.2 Å². The molecule has 6 heteroatoms. The van der Waals surface area contributed by atoms with E-state index in [0.29, 0.717) is 24.3 Å².